The van der Waals surface area contributed by atoms with Crippen molar-refractivity contribution in [3.8, 4) is 0 Å². The fourth-order valence-corrected chi connectivity index (χ4v) is 2.17. The Kier molecular flexibility index (Phi) is 2.97. The molecule has 6 nitrogen and oxygen atoms in total. The molecule has 1 aromatic heterocycles. The van der Waals surface area contributed by atoms with Crippen LogP contribution in [0.25, 0.3) is 0 Å². The summed E-state index contributed by atoms with van der Waals surface area (Å²) in [6, 6.07) is 1.67. The minimum absolute atomic E-state index is 0.0277. The fourth-order valence-electron chi connectivity index (χ4n) is 2.17. The maximum Gasteiger partial charge on any atom is 0.162 e. The molecular formula is C11H17N5O. The van der Waals surface area contributed by atoms with Crippen LogP contribution >= 0.6 is 0 Å². The molecule has 1 aliphatic heterocycles. The Morgan fingerprint density at radius 3 is 3.06 bits per heavy atom. The van der Waals surface area contributed by atoms with E-state index in [0.717, 1.165) is 19.4 Å². The zero-order chi connectivity index (χ0) is 12.5. The quantitative estimate of drug-likeness (QED) is 0.499. The molecule has 0 aliphatic carbocycles. The predicted molar refractivity (Wildman–Crippen MR) is 65.1 cm³/mol. The largest absolute Gasteiger partial charge is 0.388 e. The zero-order valence-electron chi connectivity index (χ0n) is 9.85. The summed E-state index contributed by atoms with van der Waals surface area (Å²) >= 11 is 0. The van der Waals surface area contributed by atoms with Crippen LogP contribution in [0.5, 0.6) is 0 Å². The van der Waals surface area contributed by atoms with Gasteiger partial charge in [0.1, 0.15) is 5.84 Å². The number of piperidine rings is 1. The molecule has 0 radical (unpaired) electrons. The van der Waals surface area contributed by atoms with Crippen LogP contribution in [0.2, 0.25) is 0 Å². The summed E-state index contributed by atoms with van der Waals surface area (Å²) in [7, 11) is 0. The Hall–Kier alpha value is -1.69. The first-order chi connectivity index (χ1) is 7.99. The van der Waals surface area contributed by atoms with Crippen molar-refractivity contribution in [2.45, 2.75) is 25.4 Å². The van der Waals surface area contributed by atoms with E-state index < -0.39 is 5.60 Å². The van der Waals surface area contributed by atoms with Gasteiger partial charge in [0.15, 0.2) is 5.82 Å². The lowest BCUT2D eigenvalue weighted by Crippen LogP contribution is -2.47. The van der Waals surface area contributed by atoms with Gasteiger partial charge < -0.3 is 15.7 Å². The summed E-state index contributed by atoms with van der Waals surface area (Å²) in [5, 5.41) is 25.4. The van der Waals surface area contributed by atoms with Crippen molar-refractivity contribution in [1.29, 1.82) is 5.41 Å². The number of amidine groups is 1. The lowest BCUT2D eigenvalue weighted by molar-refractivity contribution is 0.0446. The third kappa shape index (κ3) is 2.52. The Morgan fingerprint density at radius 1 is 1.65 bits per heavy atom. The molecule has 0 aromatic carbocycles. The molecule has 2 rings (SSSR count). The second-order valence-electron chi connectivity index (χ2n) is 4.70. The zero-order valence-corrected chi connectivity index (χ0v) is 9.85. The number of nitrogen functional groups attached to an aromatic ring is 1. The van der Waals surface area contributed by atoms with Crippen molar-refractivity contribution < 1.29 is 5.11 Å². The number of hydrogen-bond acceptors (Lipinski definition) is 5. The summed E-state index contributed by atoms with van der Waals surface area (Å²) < 4.78 is 0. The molecule has 92 valence electrons. The molecule has 0 saturated carbocycles. The molecule has 1 aliphatic rings. The summed E-state index contributed by atoms with van der Waals surface area (Å²) in [5.41, 5.74) is 5.36. The Labute approximate surface area is 100.0 Å². The van der Waals surface area contributed by atoms with Gasteiger partial charge in [-0.25, -0.2) is 0 Å². The van der Waals surface area contributed by atoms with Gasteiger partial charge in [0.05, 0.1) is 17.4 Å². The van der Waals surface area contributed by atoms with Gasteiger partial charge in [-0.05, 0) is 25.8 Å². The minimum Gasteiger partial charge on any atom is -0.388 e. The highest BCUT2D eigenvalue weighted by Gasteiger charge is 2.30. The van der Waals surface area contributed by atoms with Gasteiger partial charge in [-0.15, -0.1) is 5.10 Å². The van der Waals surface area contributed by atoms with Gasteiger partial charge in [0.25, 0.3) is 0 Å². The van der Waals surface area contributed by atoms with Crippen molar-refractivity contribution in [1.82, 2.24) is 10.2 Å². The Balaban J connectivity index is 2.30. The van der Waals surface area contributed by atoms with Crippen molar-refractivity contribution in [3.63, 3.8) is 0 Å². The van der Waals surface area contributed by atoms with Crippen LogP contribution in [0.4, 0.5) is 5.82 Å². The van der Waals surface area contributed by atoms with Gasteiger partial charge in [-0.1, -0.05) is 0 Å². The normalized spacial score (nSPS) is 24.7. The third-order valence-corrected chi connectivity index (χ3v) is 2.97. The highest BCUT2D eigenvalue weighted by molar-refractivity contribution is 5.99. The van der Waals surface area contributed by atoms with Crippen molar-refractivity contribution in [3.05, 3.63) is 17.8 Å². The maximum absolute atomic E-state index is 10.1. The number of nitrogens with two attached hydrogens (primary N) is 1. The smallest absolute Gasteiger partial charge is 0.162 e. The number of aliphatic hydroxyl groups is 1. The number of nitrogens with zero attached hydrogens (tertiary/aromatic N) is 3. The van der Waals surface area contributed by atoms with Crippen LogP contribution in [-0.2, 0) is 0 Å². The van der Waals surface area contributed by atoms with Crippen LogP contribution in [-0.4, -0.2) is 39.8 Å². The molecule has 1 unspecified atom stereocenters. The van der Waals surface area contributed by atoms with Crippen LogP contribution in [0.15, 0.2) is 12.3 Å². The van der Waals surface area contributed by atoms with Crippen molar-refractivity contribution in [2.75, 3.05) is 18.0 Å². The molecule has 6 heteroatoms. The molecule has 0 amide bonds. The highest BCUT2D eigenvalue weighted by Crippen LogP contribution is 2.25. The second kappa shape index (κ2) is 4.29. The van der Waals surface area contributed by atoms with Crippen molar-refractivity contribution >= 4 is 11.7 Å². The number of hydrogen-bond donors (Lipinski definition) is 3. The van der Waals surface area contributed by atoms with E-state index >= 15 is 0 Å². The third-order valence-electron chi connectivity index (χ3n) is 2.97. The van der Waals surface area contributed by atoms with Gasteiger partial charge in [-0.3, -0.25) is 5.41 Å². The van der Waals surface area contributed by atoms with E-state index in [2.05, 4.69) is 10.2 Å². The highest BCUT2D eigenvalue weighted by atomic mass is 16.3. The first kappa shape index (κ1) is 11.8. The molecular weight excluding hydrogens is 218 g/mol. The van der Waals surface area contributed by atoms with E-state index in [1.807, 2.05) is 11.8 Å². The Bertz CT molecular complexity index is 432. The summed E-state index contributed by atoms with van der Waals surface area (Å²) in [6.07, 6.45) is 3.18. The van der Waals surface area contributed by atoms with Crippen LogP contribution < -0.4 is 10.6 Å². The molecule has 17 heavy (non-hydrogen) atoms. The SMILES string of the molecule is CC1(O)CCCN(c2nnccc2C(=N)N)C1. The monoisotopic (exact) mass is 235 g/mol. The van der Waals surface area contributed by atoms with E-state index in [4.69, 9.17) is 11.1 Å². The average Bonchev–Trinajstić information content (AvgIpc) is 2.27. The minimum atomic E-state index is -0.718. The summed E-state index contributed by atoms with van der Waals surface area (Å²) in [5.74, 6) is 0.556. The van der Waals surface area contributed by atoms with E-state index in [1.54, 1.807) is 6.07 Å². The molecule has 0 bridgehead atoms. The molecule has 1 aromatic rings. The number of aromatic nitrogens is 2. The van der Waals surface area contributed by atoms with E-state index in [-0.39, 0.29) is 5.84 Å². The van der Waals surface area contributed by atoms with Gasteiger partial charge in [-0.2, -0.15) is 5.10 Å². The molecule has 1 atom stereocenters. The van der Waals surface area contributed by atoms with Crippen LogP contribution in [0.3, 0.4) is 0 Å². The van der Waals surface area contributed by atoms with Gasteiger partial charge in [0, 0.05) is 13.1 Å². The maximum atomic E-state index is 10.1. The van der Waals surface area contributed by atoms with E-state index in [1.165, 1.54) is 6.20 Å². The van der Waals surface area contributed by atoms with E-state index in [9.17, 15) is 5.11 Å². The number of anilines is 1. The first-order valence-electron chi connectivity index (χ1n) is 5.63. The number of rotatable bonds is 2. The summed E-state index contributed by atoms with van der Waals surface area (Å²) in [4.78, 5) is 1.94. The summed E-state index contributed by atoms with van der Waals surface area (Å²) in [6.45, 7) is 3.10. The topological polar surface area (TPSA) is 99.1 Å². The van der Waals surface area contributed by atoms with Crippen LogP contribution in [0.1, 0.15) is 25.3 Å². The second-order valence-corrected chi connectivity index (χ2v) is 4.70. The van der Waals surface area contributed by atoms with Crippen LogP contribution in [0, 0.1) is 5.41 Å². The fraction of sp³-hybridized carbons (Fsp3) is 0.545. The lowest BCUT2D eigenvalue weighted by Gasteiger charge is -2.37. The molecule has 1 fully saturated rings. The standard InChI is InChI=1S/C11H17N5O/c1-11(17)4-2-6-16(7-11)10-8(9(12)13)3-5-14-15-10/h3,5,17H,2,4,6-7H2,1H3,(H3,12,13). The molecule has 1 saturated heterocycles. The Morgan fingerprint density at radius 2 is 2.41 bits per heavy atom. The van der Waals surface area contributed by atoms with Crippen molar-refractivity contribution in [2.24, 2.45) is 5.73 Å². The number of β-amino-alcohol motifs (C(OH)–C–C–N with tert-alkyl or cyclic N) is 1. The average molecular weight is 235 g/mol. The van der Waals surface area contributed by atoms with E-state index in [0.29, 0.717) is 17.9 Å². The van der Waals surface area contributed by atoms with Gasteiger partial charge >= 0.3 is 0 Å². The lowest BCUT2D eigenvalue weighted by atomic mass is 9.95. The number of nitrogens with one attached hydrogen (secondary N) is 1. The molecule has 4 N–H and O–H groups in total. The first-order valence-corrected chi connectivity index (χ1v) is 5.63. The predicted octanol–water partition coefficient (Wildman–Crippen LogP) is 0.112. The molecule has 0 spiro atoms. The van der Waals surface area contributed by atoms with Gasteiger partial charge in [0.2, 0.25) is 0 Å². The molecule has 2 heterocycles.